The molecule has 0 unspecified atom stereocenters. The minimum absolute atomic E-state index is 0.145. The van der Waals surface area contributed by atoms with Gasteiger partial charge in [0, 0.05) is 26.2 Å². The van der Waals surface area contributed by atoms with Crippen LogP contribution in [0.25, 0.3) is 0 Å². The third-order valence-electron chi connectivity index (χ3n) is 3.75. The molecule has 2 rings (SSSR count). The molecule has 1 aromatic carbocycles. The first kappa shape index (κ1) is 16.0. The first-order chi connectivity index (χ1) is 10.4. The van der Waals surface area contributed by atoms with Gasteiger partial charge in [-0.1, -0.05) is 30.3 Å². The molecule has 4 heteroatoms. The zero-order chi connectivity index (χ0) is 14.8. The van der Waals surface area contributed by atoms with Crippen molar-refractivity contribution in [1.29, 1.82) is 0 Å². The summed E-state index contributed by atoms with van der Waals surface area (Å²) < 4.78 is 5.47. The minimum Gasteiger partial charge on any atom is -0.372 e. The molecule has 1 fully saturated rings. The molecule has 4 nitrogen and oxygen atoms in total. The lowest BCUT2D eigenvalue weighted by Gasteiger charge is -2.26. The zero-order valence-corrected chi connectivity index (χ0v) is 12.7. The van der Waals surface area contributed by atoms with Crippen LogP contribution < -0.4 is 5.32 Å². The molecule has 0 saturated carbocycles. The van der Waals surface area contributed by atoms with Gasteiger partial charge in [0.2, 0.25) is 5.91 Å². The second-order valence-electron chi connectivity index (χ2n) is 5.51. The van der Waals surface area contributed by atoms with Crippen molar-refractivity contribution in [1.82, 2.24) is 10.2 Å². The standard InChI is InChI=1S/C17H26N2O2/c20-17(19-11-5-2-6-12-19)15-21-13-7-10-18-14-16-8-3-1-4-9-16/h1,3-4,8-9,18H,2,5-7,10-15H2. The fourth-order valence-corrected chi connectivity index (χ4v) is 2.52. The normalized spacial score (nSPS) is 15.1. The van der Waals surface area contributed by atoms with E-state index in [2.05, 4.69) is 17.4 Å². The van der Waals surface area contributed by atoms with Crippen molar-refractivity contribution in [3.05, 3.63) is 35.9 Å². The summed E-state index contributed by atoms with van der Waals surface area (Å²) in [4.78, 5) is 13.8. The van der Waals surface area contributed by atoms with E-state index in [1.165, 1.54) is 12.0 Å². The summed E-state index contributed by atoms with van der Waals surface area (Å²) in [5.41, 5.74) is 1.29. The Morgan fingerprint density at radius 3 is 2.67 bits per heavy atom. The van der Waals surface area contributed by atoms with Gasteiger partial charge in [0.1, 0.15) is 6.61 Å². The largest absolute Gasteiger partial charge is 0.372 e. The maximum atomic E-state index is 11.9. The van der Waals surface area contributed by atoms with Gasteiger partial charge in [0.05, 0.1) is 0 Å². The van der Waals surface area contributed by atoms with Crippen molar-refractivity contribution in [3.63, 3.8) is 0 Å². The molecule has 0 spiro atoms. The van der Waals surface area contributed by atoms with Crippen LogP contribution in [0, 0.1) is 0 Å². The molecule has 1 saturated heterocycles. The van der Waals surface area contributed by atoms with Gasteiger partial charge < -0.3 is 15.0 Å². The van der Waals surface area contributed by atoms with E-state index in [4.69, 9.17) is 4.74 Å². The second-order valence-corrected chi connectivity index (χ2v) is 5.51. The van der Waals surface area contributed by atoms with Crippen LogP contribution in [-0.4, -0.2) is 43.7 Å². The van der Waals surface area contributed by atoms with Crippen molar-refractivity contribution >= 4 is 5.91 Å². The van der Waals surface area contributed by atoms with E-state index in [1.807, 2.05) is 23.1 Å². The number of rotatable bonds is 8. The van der Waals surface area contributed by atoms with Gasteiger partial charge in [0.25, 0.3) is 0 Å². The Morgan fingerprint density at radius 2 is 1.90 bits per heavy atom. The second kappa shape index (κ2) is 9.53. The average molecular weight is 290 g/mol. The molecule has 0 aromatic heterocycles. The van der Waals surface area contributed by atoms with Crippen LogP contribution in [0.4, 0.5) is 0 Å². The van der Waals surface area contributed by atoms with Crippen molar-refractivity contribution in [2.24, 2.45) is 0 Å². The molecule has 0 radical (unpaired) electrons. The highest BCUT2D eigenvalue weighted by atomic mass is 16.5. The summed E-state index contributed by atoms with van der Waals surface area (Å²) in [6.07, 6.45) is 4.45. The molecule has 1 N–H and O–H groups in total. The van der Waals surface area contributed by atoms with Crippen LogP contribution in [-0.2, 0) is 16.1 Å². The van der Waals surface area contributed by atoms with Gasteiger partial charge in [-0.15, -0.1) is 0 Å². The maximum absolute atomic E-state index is 11.9. The summed E-state index contributed by atoms with van der Waals surface area (Å²) in [5.74, 6) is 0.145. The number of carbonyl (C=O) groups excluding carboxylic acids is 1. The predicted octanol–water partition coefficient (Wildman–Crippen LogP) is 2.20. The number of hydrogen-bond acceptors (Lipinski definition) is 3. The maximum Gasteiger partial charge on any atom is 0.248 e. The number of likely N-dealkylation sites (tertiary alicyclic amines) is 1. The van der Waals surface area contributed by atoms with E-state index in [-0.39, 0.29) is 12.5 Å². The Labute approximate surface area is 127 Å². The van der Waals surface area contributed by atoms with E-state index < -0.39 is 0 Å². The monoisotopic (exact) mass is 290 g/mol. The van der Waals surface area contributed by atoms with Gasteiger partial charge in [0.15, 0.2) is 0 Å². The number of benzene rings is 1. The molecule has 0 bridgehead atoms. The van der Waals surface area contributed by atoms with Crippen LogP contribution in [0.15, 0.2) is 30.3 Å². The van der Waals surface area contributed by atoms with Crippen LogP contribution >= 0.6 is 0 Å². The lowest BCUT2D eigenvalue weighted by atomic mass is 10.1. The predicted molar refractivity (Wildman–Crippen MR) is 84.0 cm³/mol. The Bertz CT molecular complexity index is 403. The summed E-state index contributed by atoms with van der Waals surface area (Å²) in [6, 6.07) is 10.3. The number of nitrogens with zero attached hydrogens (tertiary/aromatic N) is 1. The Morgan fingerprint density at radius 1 is 1.14 bits per heavy atom. The fourth-order valence-electron chi connectivity index (χ4n) is 2.52. The number of carbonyl (C=O) groups is 1. The Balaban J connectivity index is 1.45. The van der Waals surface area contributed by atoms with Crippen LogP contribution in [0.3, 0.4) is 0 Å². The van der Waals surface area contributed by atoms with Crippen LogP contribution in [0.5, 0.6) is 0 Å². The van der Waals surface area contributed by atoms with E-state index >= 15 is 0 Å². The molecule has 116 valence electrons. The van der Waals surface area contributed by atoms with Gasteiger partial charge >= 0.3 is 0 Å². The molecule has 1 aliphatic rings. The van der Waals surface area contributed by atoms with E-state index in [0.29, 0.717) is 6.61 Å². The number of amides is 1. The molecule has 1 aromatic rings. The molecule has 1 aliphatic heterocycles. The van der Waals surface area contributed by atoms with E-state index in [0.717, 1.165) is 45.4 Å². The summed E-state index contributed by atoms with van der Waals surface area (Å²) >= 11 is 0. The average Bonchev–Trinajstić information content (AvgIpc) is 2.55. The van der Waals surface area contributed by atoms with Crippen molar-refractivity contribution in [2.75, 3.05) is 32.8 Å². The lowest BCUT2D eigenvalue weighted by molar-refractivity contribution is -0.137. The SMILES string of the molecule is O=C(COCCCNCc1ccccc1)N1CCCCC1. The molecule has 1 heterocycles. The molecule has 1 amide bonds. The molecule has 0 atom stereocenters. The topological polar surface area (TPSA) is 41.6 Å². The molecular formula is C17H26N2O2. The number of piperidine rings is 1. The molecule has 21 heavy (non-hydrogen) atoms. The van der Waals surface area contributed by atoms with Gasteiger partial charge in [-0.3, -0.25) is 4.79 Å². The summed E-state index contributed by atoms with van der Waals surface area (Å²) in [6.45, 7) is 4.47. The van der Waals surface area contributed by atoms with Crippen molar-refractivity contribution < 1.29 is 9.53 Å². The van der Waals surface area contributed by atoms with Crippen LogP contribution in [0.2, 0.25) is 0 Å². The summed E-state index contributed by atoms with van der Waals surface area (Å²) in [5, 5.41) is 3.38. The molecule has 0 aliphatic carbocycles. The van der Waals surface area contributed by atoms with Crippen molar-refractivity contribution in [2.45, 2.75) is 32.2 Å². The van der Waals surface area contributed by atoms with Crippen LogP contribution in [0.1, 0.15) is 31.2 Å². The number of ether oxygens (including phenoxy) is 1. The highest BCUT2D eigenvalue weighted by Gasteiger charge is 2.15. The van der Waals surface area contributed by atoms with Gasteiger partial charge in [-0.2, -0.15) is 0 Å². The third kappa shape index (κ3) is 6.27. The zero-order valence-electron chi connectivity index (χ0n) is 12.7. The quantitative estimate of drug-likeness (QED) is 0.746. The number of hydrogen-bond donors (Lipinski definition) is 1. The third-order valence-corrected chi connectivity index (χ3v) is 3.75. The van der Waals surface area contributed by atoms with Gasteiger partial charge in [-0.05, 0) is 37.8 Å². The lowest BCUT2D eigenvalue weighted by Crippen LogP contribution is -2.38. The minimum atomic E-state index is 0.145. The first-order valence-corrected chi connectivity index (χ1v) is 7.96. The highest BCUT2D eigenvalue weighted by Crippen LogP contribution is 2.08. The smallest absolute Gasteiger partial charge is 0.248 e. The summed E-state index contributed by atoms with van der Waals surface area (Å²) in [7, 11) is 0. The highest BCUT2D eigenvalue weighted by molar-refractivity contribution is 5.77. The van der Waals surface area contributed by atoms with Crippen molar-refractivity contribution in [3.8, 4) is 0 Å². The van der Waals surface area contributed by atoms with E-state index in [1.54, 1.807) is 0 Å². The molecular weight excluding hydrogens is 264 g/mol. The van der Waals surface area contributed by atoms with E-state index in [9.17, 15) is 4.79 Å². The Hall–Kier alpha value is -1.39. The van der Waals surface area contributed by atoms with Gasteiger partial charge in [-0.25, -0.2) is 0 Å². The Kier molecular flexibility index (Phi) is 7.25. The first-order valence-electron chi connectivity index (χ1n) is 7.96. The number of nitrogens with one attached hydrogen (secondary N) is 1. The fraction of sp³-hybridized carbons (Fsp3) is 0.588.